The molecular formula is C10H10BrNO. The molecule has 2 nitrogen and oxygen atoms in total. The molecule has 1 aromatic carbocycles. The third kappa shape index (κ3) is 1.48. The van der Waals surface area contributed by atoms with Crippen molar-refractivity contribution in [3.63, 3.8) is 0 Å². The molecule has 2 aromatic rings. The number of fused-ring (bicyclic) bond motifs is 1. The maximum absolute atomic E-state index is 5.60. The second-order valence-corrected chi connectivity index (χ2v) is 3.42. The van der Waals surface area contributed by atoms with Crippen molar-refractivity contribution in [2.75, 3.05) is 0 Å². The molecule has 13 heavy (non-hydrogen) atoms. The monoisotopic (exact) mass is 239 g/mol. The Kier molecular flexibility index (Phi) is 2.36. The van der Waals surface area contributed by atoms with Gasteiger partial charge in [0.15, 0.2) is 11.5 Å². The summed E-state index contributed by atoms with van der Waals surface area (Å²) in [4.78, 5) is 4.35. The quantitative estimate of drug-likeness (QED) is 0.753. The Morgan fingerprint density at radius 3 is 3.00 bits per heavy atom. The van der Waals surface area contributed by atoms with Gasteiger partial charge in [-0.3, -0.25) is 0 Å². The molecule has 0 fully saturated rings. The van der Waals surface area contributed by atoms with E-state index < -0.39 is 0 Å². The van der Waals surface area contributed by atoms with E-state index in [-0.39, 0.29) is 0 Å². The normalized spacial score (nSPS) is 10.9. The van der Waals surface area contributed by atoms with Crippen LogP contribution in [0.15, 0.2) is 22.6 Å². The first-order chi connectivity index (χ1) is 6.35. The van der Waals surface area contributed by atoms with Gasteiger partial charge < -0.3 is 4.42 Å². The molecule has 0 saturated carbocycles. The van der Waals surface area contributed by atoms with Crippen LogP contribution in [0.25, 0.3) is 11.1 Å². The van der Waals surface area contributed by atoms with E-state index in [1.165, 1.54) is 0 Å². The number of hydrogen-bond acceptors (Lipinski definition) is 2. The summed E-state index contributed by atoms with van der Waals surface area (Å²) < 4.78 is 5.60. The minimum atomic E-state index is 0.808. The molecule has 0 atom stereocenters. The lowest BCUT2D eigenvalue weighted by molar-refractivity contribution is 0.536. The molecule has 0 bridgehead atoms. The van der Waals surface area contributed by atoms with Crippen molar-refractivity contribution < 1.29 is 4.42 Å². The first kappa shape index (κ1) is 8.75. The summed E-state index contributed by atoms with van der Waals surface area (Å²) in [7, 11) is 0. The van der Waals surface area contributed by atoms with Gasteiger partial charge in [-0.15, -0.1) is 0 Å². The molecule has 0 N–H and O–H groups in total. The summed E-state index contributed by atoms with van der Waals surface area (Å²) in [6, 6.07) is 6.02. The van der Waals surface area contributed by atoms with Crippen LogP contribution in [0.4, 0.5) is 0 Å². The number of benzene rings is 1. The zero-order valence-electron chi connectivity index (χ0n) is 7.38. The fourth-order valence-electron chi connectivity index (χ4n) is 1.31. The van der Waals surface area contributed by atoms with Crippen LogP contribution in [0.5, 0.6) is 0 Å². The molecule has 0 radical (unpaired) electrons. The van der Waals surface area contributed by atoms with E-state index in [0.717, 1.165) is 34.3 Å². The van der Waals surface area contributed by atoms with E-state index in [9.17, 15) is 0 Å². The minimum Gasteiger partial charge on any atom is -0.440 e. The number of hydrogen-bond donors (Lipinski definition) is 0. The summed E-state index contributed by atoms with van der Waals surface area (Å²) in [5.74, 6) is 0.809. The zero-order valence-corrected chi connectivity index (χ0v) is 8.97. The molecule has 0 aliphatic rings. The van der Waals surface area contributed by atoms with E-state index in [1.807, 2.05) is 25.1 Å². The van der Waals surface area contributed by atoms with Crippen LogP contribution in [-0.2, 0) is 11.8 Å². The summed E-state index contributed by atoms with van der Waals surface area (Å²) in [5, 5.41) is 0.808. The average molecular weight is 240 g/mol. The van der Waals surface area contributed by atoms with Crippen LogP contribution in [0.3, 0.4) is 0 Å². The Morgan fingerprint density at radius 1 is 1.46 bits per heavy atom. The van der Waals surface area contributed by atoms with Crippen LogP contribution < -0.4 is 0 Å². The molecule has 68 valence electrons. The van der Waals surface area contributed by atoms with Gasteiger partial charge in [0.2, 0.25) is 0 Å². The fraction of sp³-hybridized carbons (Fsp3) is 0.300. The number of aromatic nitrogens is 1. The number of rotatable bonds is 2. The topological polar surface area (TPSA) is 26.0 Å². The van der Waals surface area contributed by atoms with Crippen LogP contribution in [0.1, 0.15) is 18.4 Å². The molecule has 1 aromatic heterocycles. The third-order valence-corrected chi connectivity index (χ3v) is 2.59. The summed E-state index contributed by atoms with van der Waals surface area (Å²) in [6.45, 7) is 2.04. The number of para-hydroxylation sites is 1. The number of alkyl halides is 1. The van der Waals surface area contributed by atoms with Gasteiger partial charge in [-0.25, -0.2) is 4.98 Å². The first-order valence-corrected chi connectivity index (χ1v) is 5.40. The van der Waals surface area contributed by atoms with Crippen molar-refractivity contribution in [3.05, 3.63) is 29.7 Å². The molecule has 0 aliphatic carbocycles. The highest BCUT2D eigenvalue weighted by Crippen LogP contribution is 2.21. The maximum atomic E-state index is 5.60. The highest BCUT2D eigenvalue weighted by molar-refractivity contribution is 9.08. The number of aryl methyl sites for hydroxylation is 1. The van der Waals surface area contributed by atoms with Gasteiger partial charge in [0.1, 0.15) is 5.52 Å². The van der Waals surface area contributed by atoms with E-state index >= 15 is 0 Å². The highest BCUT2D eigenvalue weighted by atomic mass is 79.9. The van der Waals surface area contributed by atoms with E-state index in [1.54, 1.807) is 0 Å². The molecule has 3 heteroatoms. The lowest BCUT2D eigenvalue weighted by Crippen LogP contribution is -1.76. The molecule has 0 saturated heterocycles. The van der Waals surface area contributed by atoms with Crippen molar-refractivity contribution in [1.29, 1.82) is 0 Å². The van der Waals surface area contributed by atoms with Gasteiger partial charge in [-0.2, -0.15) is 0 Å². The van der Waals surface area contributed by atoms with Gasteiger partial charge in [-0.05, 0) is 6.07 Å². The molecule has 0 unspecified atom stereocenters. The lowest BCUT2D eigenvalue weighted by Gasteiger charge is -1.93. The standard InChI is InChI=1S/C10H10BrNO/c1-2-9-12-8-5-3-4-7(6-11)10(8)13-9/h3-5H,2,6H2,1H3. The smallest absolute Gasteiger partial charge is 0.195 e. The highest BCUT2D eigenvalue weighted by Gasteiger charge is 2.06. The molecule has 0 amide bonds. The predicted octanol–water partition coefficient (Wildman–Crippen LogP) is 3.29. The Hall–Kier alpha value is -0.830. The Bertz CT molecular complexity index is 422. The van der Waals surface area contributed by atoms with Gasteiger partial charge in [-0.1, -0.05) is 35.0 Å². The van der Waals surface area contributed by atoms with E-state index in [4.69, 9.17) is 4.42 Å². The van der Waals surface area contributed by atoms with Crippen molar-refractivity contribution in [3.8, 4) is 0 Å². The predicted molar refractivity (Wildman–Crippen MR) is 56.0 cm³/mol. The first-order valence-electron chi connectivity index (χ1n) is 4.28. The van der Waals surface area contributed by atoms with Crippen LogP contribution >= 0.6 is 15.9 Å². The molecule has 0 spiro atoms. The maximum Gasteiger partial charge on any atom is 0.195 e. The summed E-state index contributed by atoms with van der Waals surface area (Å²) in [6.07, 6.45) is 0.844. The van der Waals surface area contributed by atoms with Crippen LogP contribution in [0, 0.1) is 0 Å². The van der Waals surface area contributed by atoms with Crippen LogP contribution in [-0.4, -0.2) is 4.98 Å². The fourth-order valence-corrected chi connectivity index (χ4v) is 1.75. The van der Waals surface area contributed by atoms with Crippen LogP contribution in [0.2, 0.25) is 0 Å². The van der Waals surface area contributed by atoms with Gasteiger partial charge in [0, 0.05) is 17.3 Å². The Labute approximate surface area is 85.1 Å². The molecular weight excluding hydrogens is 230 g/mol. The van der Waals surface area contributed by atoms with Gasteiger partial charge >= 0.3 is 0 Å². The van der Waals surface area contributed by atoms with Crippen molar-refractivity contribution in [2.45, 2.75) is 18.7 Å². The summed E-state index contributed by atoms with van der Waals surface area (Å²) in [5.41, 5.74) is 3.02. The van der Waals surface area contributed by atoms with Crippen molar-refractivity contribution in [1.82, 2.24) is 4.98 Å². The number of nitrogens with zero attached hydrogens (tertiary/aromatic N) is 1. The molecule has 1 heterocycles. The lowest BCUT2D eigenvalue weighted by atomic mass is 10.2. The SMILES string of the molecule is CCc1nc2cccc(CBr)c2o1. The Morgan fingerprint density at radius 2 is 2.31 bits per heavy atom. The number of oxazole rings is 1. The van der Waals surface area contributed by atoms with Gasteiger partial charge in [0.25, 0.3) is 0 Å². The second-order valence-electron chi connectivity index (χ2n) is 2.86. The molecule has 0 aliphatic heterocycles. The second kappa shape index (κ2) is 3.50. The van der Waals surface area contributed by atoms with Crippen molar-refractivity contribution >= 4 is 27.0 Å². The van der Waals surface area contributed by atoms with Gasteiger partial charge in [0.05, 0.1) is 0 Å². The van der Waals surface area contributed by atoms with E-state index in [2.05, 4.69) is 20.9 Å². The minimum absolute atomic E-state index is 0.808. The largest absolute Gasteiger partial charge is 0.440 e. The average Bonchev–Trinajstić information content (AvgIpc) is 2.59. The number of halogens is 1. The Balaban J connectivity index is 2.67. The third-order valence-electron chi connectivity index (χ3n) is 1.99. The van der Waals surface area contributed by atoms with E-state index in [0.29, 0.717) is 0 Å². The zero-order chi connectivity index (χ0) is 9.26. The molecule has 2 rings (SSSR count). The summed E-state index contributed by atoms with van der Waals surface area (Å²) >= 11 is 3.42. The van der Waals surface area contributed by atoms with Crippen molar-refractivity contribution in [2.24, 2.45) is 0 Å².